The lowest BCUT2D eigenvalue weighted by molar-refractivity contribution is -0.121. The second-order valence-corrected chi connectivity index (χ2v) is 10.4. The zero-order chi connectivity index (χ0) is 22.6. The summed E-state index contributed by atoms with van der Waals surface area (Å²) in [6.07, 6.45) is 1.17. The van der Waals surface area contributed by atoms with Gasteiger partial charge in [0.15, 0.2) is 11.5 Å². The van der Waals surface area contributed by atoms with Gasteiger partial charge in [-0.15, -0.1) is 11.3 Å². The van der Waals surface area contributed by atoms with E-state index < -0.39 is 22.0 Å². The molecule has 0 aliphatic carbocycles. The Kier molecular flexibility index (Phi) is 6.94. The topological polar surface area (TPSA) is 126 Å². The van der Waals surface area contributed by atoms with Crippen LogP contribution >= 0.6 is 11.3 Å². The minimum absolute atomic E-state index is 0.0545. The minimum Gasteiger partial charge on any atom is -0.486 e. The molecule has 1 saturated heterocycles. The maximum Gasteiger partial charge on any atom is 0.325 e. The molecule has 10 nitrogen and oxygen atoms in total. The van der Waals surface area contributed by atoms with Gasteiger partial charge in [-0.05, 0) is 36.4 Å². The van der Waals surface area contributed by atoms with Crippen molar-refractivity contribution in [2.75, 3.05) is 38.2 Å². The summed E-state index contributed by atoms with van der Waals surface area (Å²) in [5, 5.41) is 6.64. The third kappa shape index (κ3) is 5.76. The zero-order valence-corrected chi connectivity index (χ0v) is 18.8. The van der Waals surface area contributed by atoms with Crippen LogP contribution in [-0.4, -0.2) is 64.1 Å². The van der Waals surface area contributed by atoms with Crippen LogP contribution in [0, 0.1) is 0 Å². The van der Waals surface area contributed by atoms with Crippen molar-refractivity contribution < 1.29 is 27.5 Å². The van der Waals surface area contributed by atoms with Crippen LogP contribution in [0.15, 0.2) is 39.9 Å². The maximum atomic E-state index is 12.3. The molecule has 2 aliphatic heterocycles. The highest BCUT2D eigenvalue weighted by atomic mass is 32.2. The Morgan fingerprint density at radius 3 is 2.56 bits per heavy atom. The normalized spacial score (nSPS) is 17.0. The molecule has 172 valence electrons. The van der Waals surface area contributed by atoms with Crippen molar-refractivity contribution in [3.8, 4) is 11.5 Å². The SMILES string of the molecule is O=C(CN1CCC(NS(=O)(=O)c2cccs2)CC1)NC(=O)Nc1ccc2c(c1)OCCO2. The summed E-state index contributed by atoms with van der Waals surface area (Å²) in [4.78, 5) is 26.3. The summed E-state index contributed by atoms with van der Waals surface area (Å²) in [6, 6.07) is 7.46. The van der Waals surface area contributed by atoms with Gasteiger partial charge >= 0.3 is 6.03 Å². The van der Waals surface area contributed by atoms with E-state index in [1.807, 2.05) is 4.90 Å². The molecule has 32 heavy (non-hydrogen) atoms. The van der Waals surface area contributed by atoms with Gasteiger partial charge in [0, 0.05) is 30.9 Å². The van der Waals surface area contributed by atoms with Crippen molar-refractivity contribution in [3.63, 3.8) is 0 Å². The average molecular weight is 481 g/mol. The van der Waals surface area contributed by atoms with Crippen molar-refractivity contribution >= 4 is 39.0 Å². The number of nitrogens with one attached hydrogen (secondary N) is 3. The quantitative estimate of drug-likeness (QED) is 0.573. The zero-order valence-electron chi connectivity index (χ0n) is 17.2. The van der Waals surface area contributed by atoms with Crippen molar-refractivity contribution in [1.29, 1.82) is 0 Å². The summed E-state index contributed by atoms with van der Waals surface area (Å²) in [5.41, 5.74) is 0.485. The number of hydrogen-bond donors (Lipinski definition) is 3. The molecular weight excluding hydrogens is 456 g/mol. The first-order valence-electron chi connectivity index (χ1n) is 10.2. The number of fused-ring (bicyclic) bond motifs is 1. The summed E-state index contributed by atoms with van der Waals surface area (Å²) in [7, 11) is -3.51. The first-order chi connectivity index (χ1) is 15.4. The van der Waals surface area contributed by atoms with E-state index in [0.717, 1.165) is 0 Å². The van der Waals surface area contributed by atoms with Gasteiger partial charge in [-0.3, -0.25) is 15.0 Å². The van der Waals surface area contributed by atoms with Crippen molar-refractivity contribution in [2.24, 2.45) is 0 Å². The van der Waals surface area contributed by atoms with Gasteiger partial charge in [0.1, 0.15) is 17.4 Å². The van der Waals surface area contributed by atoms with Crippen molar-refractivity contribution in [1.82, 2.24) is 14.9 Å². The molecule has 0 radical (unpaired) electrons. The van der Waals surface area contributed by atoms with Gasteiger partial charge < -0.3 is 14.8 Å². The lowest BCUT2D eigenvalue weighted by Gasteiger charge is -2.31. The lowest BCUT2D eigenvalue weighted by Crippen LogP contribution is -2.48. The van der Waals surface area contributed by atoms with Gasteiger partial charge in [-0.1, -0.05) is 6.07 Å². The number of nitrogens with zero attached hydrogens (tertiary/aromatic N) is 1. The molecule has 4 rings (SSSR count). The number of hydrogen-bond acceptors (Lipinski definition) is 8. The number of carbonyl (C=O) groups is 2. The maximum absolute atomic E-state index is 12.3. The molecule has 1 aromatic heterocycles. The third-order valence-electron chi connectivity index (χ3n) is 5.09. The van der Waals surface area contributed by atoms with Gasteiger partial charge in [0.2, 0.25) is 15.9 Å². The number of sulfonamides is 1. The first kappa shape index (κ1) is 22.5. The molecule has 1 fully saturated rings. The summed E-state index contributed by atoms with van der Waals surface area (Å²) < 4.78 is 38.6. The Morgan fingerprint density at radius 2 is 1.84 bits per heavy atom. The highest BCUT2D eigenvalue weighted by molar-refractivity contribution is 7.91. The number of imide groups is 1. The van der Waals surface area contributed by atoms with Crippen LogP contribution in [0.1, 0.15) is 12.8 Å². The summed E-state index contributed by atoms with van der Waals surface area (Å²) in [5.74, 6) is 0.718. The molecule has 3 amide bonds. The lowest BCUT2D eigenvalue weighted by atomic mass is 10.1. The highest BCUT2D eigenvalue weighted by Crippen LogP contribution is 2.32. The van der Waals surface area contributed by atoms with E-state index in [2.05, 4.69) is 15.4 Å². The Bertz CT molecular complexity index is 1070. The first-order valence-corrected chi connectivity index (χ1v) is 12.5. The summed E-state index contributed by atoms with van der Waals surface area (Å²) >= 11 is 1.18. The molecule has 3 N–H and O–H groups in total. The highest BCUT2D eigenvalue weighted by Gasteiger charge is 2.26. The van der Waals surface area contributed by atoms with Crippen LogP contribution in [0.5, 0.6) is 11.5 Å². The Balaban J connectivity index is 1.20. The number of piperidine rings is 1. The van der Waals surface area contributed by atoms with E-state index in [0.29, 0.717) is 60.5 Å². The third-order valence-corrected chi connectivity index (χ3v) is 8.01. The molecule has 0 bridgehead atoms. The average Bonchev–Trinajstić information content (AvgIpc) is 3.31. The molecule has 12 heteroatoms. The van der Waals surface area contributed by atoms with Crippen molar-refractivity contribution in [2.45, 2.75) is 23.1 Å². The second-order valence-electron chi connectivity index (χ2n) is 7.46. The monoisotopic (exact) mass is 480 g/mol. The van der Waals surface area contributed by atoms with Crippen LogP contribution in [-0.2, 0) is 14.8 Å². The van der Waals surface area contributed by atoms with E-state index in [1.54, 1.807) is 35.7 Å². The number of urea groups is 1. The van der Waals surface area contributed by atoms with Crippen LogP contribution in [0.2, 0.25) is 0 Å². The summed E-state index contributed by atoms with van der Waals surface area (Å²) in [6.45, 7) is 2.07. The van der Waals surface area contributed by atoms with Gasteiger partial charge in [-0.25, -0.2) is 17.9 Å². The Labute approximate surface area is 189 Å². The van der Waals surface area contributed by atoms with Gasteiger partial charge in [-0.2, -0.15) is 0 Å². The van der Waals surface area contributed by atoms with E-state index in [4.69, 9.17) is 9.47 Å². The van der Waals surface area contributed by atoms with Gasteiger partial charge in [0.05, 0.1) is 6.54 Å². The van der Waals surface area contributed by atoms with Crippen molar-refractivity contribution in [3.05, 3.63) is 35.7 Å². The van der Waals surface area contributed by atoms with E-state index in [-0.39, 0.29) is 12.6 Å². The van der Waals surface area contributed by atoms with Crippen LogP contribution in [0.4, 0.5) is 10.5 Å². The molecule has 0 atom stereocenters. The number of anilines is 1. The smallest absolute Gasteiger partial charge is 0.325 e. The molecule has 0 unspecified atom stereocenters. The molecule has 3 heterocycles. The molecule has 0 spiro atoms. The van der Waals surface area contributed by atoms with Crippen LogP contribution in [0.25, 0.3) is 0 Å². The largest absolute Gasteiger partial charge is 0.486 e. The van der Waals surface area contributed by atoms with E-state index in [9.17, 15) is 18.0 Å². The molecule has 1 aromatic carbocycles. The number of thiophene rings is 1. The van der Waals surface area contributed by atoms with Gasteiger partial charge in [0.25, 0.3) is 0 Å². The molecule has 2 aliphatic rings. The fraction of sp³-hybridized carbons (Fsp3) is 0.400. The number of amides is 3. The molecule has 2 aromatic rings. The van der Waals surface area contributed by atoms with Crippen LogP contribution in [0.3, 0.4) is 0 Å². The predicted molar refractivity (Wildman–Crippen MR) is 119 cm³/mol. The fourth-order valence-corrected chi connectivity index (χ4v) is 5.87. The number of rotatable bonds is 6. The number of ether oxygens (including phenoxy) is 2. The van der Waals surface area contributed by atoms with E-state index in [1.165, 1.54) is 11.3 Å². The number of carbonyl (C=O) groups excluding carboxylic acids is 2. The number of benzene rings is 1. The molecular formula is C20H24N4O6S2. The predicted octanol–water partition coefficient (Wildman–Crippen LogP) is 1.61. The number of likely N-dealkylation sites (tertiary alicyclic amines) is 1. The van der Waals surface area contributed by atoms with E-state index >= 15 is 0 Å². The fourth-order valence-electron chi connectivity index (χ4n) is 3.56. The van der Waals surface area contributed by atoms with Crippen LogP contribution < -0.4 is 24.8 Å². The Hall–Kier alpha value is -2.67. The Morgan fingerprint density at radius 1 is 1.09 bits per heavy atom. The second kappa shape index (κ2) is 9.86. The minimum atomic E-state index is -3.51. The molecule has 0 saturated carbocycles. The standard InChI is InChI=1S/C20H24N4O6S2/c25-18(22-20(26)21-15-3-4-16-17(12-15)30-10-9-29-16)13-24-7-5-14(6-8-24)23-32(27,28)19-2-1-11-31-19/h1-4,11-12,14,23H,5-10,13H2,(H2,21,22,25,26).